The zero-order valence-electron chi connectivity index (χ0n) is 10.7. The summed E-state index contributed by atoms with van der Waals surface area (Å²) in [6, 6.07) is 6.36. The monoisotopic (exact) mass is 264 g/mol. The second kappa shape index (κ2) is 5.60. The van der Waals surface area contributed by atoms with E-state index in [1.165, 1.54) is 5.56 Å². The van der Waals surface area contributed by atoms with Crippen LogP contribution in [-0.4, -0.2) is 24.6 Å². The molecule has 1 aliphatic heterocycles. The minimum absolute atomic E-state index is 0.228. The fraction of sp³-hybridized carbons (Fsp3) is 0.500. The van der Waals surface area contributed by atoms with Gasteiger partial charge in [0.2, 0.25) is 0 Å². The molecule has 96 valence electrons. The third kappa shape index (κ3) is 2.77. The maximum Gasteiger partial charge on any atom is 0.127 e. The second-order valence-corrected chi connectivity index (χ2v) is 5.21. The molecule has 0 spiro atoms. The third-order valence-electron chi connectivity index (χ3n) is 3.38. The number of benzene rings is 1. The maximum atomic E-state index is 8.73. The normalized spacial score (nSPS) is 15.1. The fourth-order valence-electron chi connectivity index (χ4n) is 2.18. The Labute approximate surface area is 113 Å². The first-order valence-electron chi connectivity index (χ1n) is 6.13. The highest BCUT2D eigenvalue weighted by molar-refractivity contribution is 6.30. The topological polar surface area (TPSA) is 36.3 Å². The minimum Gasteiger partial charge on any atom is -0.493 e. The summed E-state index contributed by atoms with van der Waals surface area (Å²) in [5, 5.41) is 9.49. The molecule has 4 heteroatoms. The molecule has 3 nitrogen and oxygen atoms in total. The molecule has 1 heterocycles. The largest absolute Gasteiger partial charge is 0.493 e. The summed E-state index contributed by atoms with van der Waals surface area (Å²) >= 11 is 6.13. The van der Waals surface area contributed by atoms with Crippen molar-refractivity contribution in [3.05, 3.63) is 28.3 Å². The van der Waals surface area contributed by atoms with Crippen molar-refractivity contribution in [2.24, 2.45) is 0 Å². The van der Waals surface area contributed by atoms with Gasteiger partial charge in [0.25, 0.3) is 0 Å². The number of rotatable bonds is 4. The van der Waals surface area contributed by atoms with Gasteiger partial charge in [-0.3, -0.25) is 4.90 Å². The molecule has 1 unspecified atom stereocenters. The number of hydrogen-bond donors (Lipinski definition) is 0. The van der Waals surface area contributed by atoms with E-state index in [-0.39, 0.29) is 6.04 Å². The van der Waals surface area contributed by atoms with E-state index >= 15 is 0 Å². The molecule has 0 fully saturated rings. The van der Waals surface area contributed by atoms with Crippen molar-refractivity contribution in [2.75, 3.05) is 13.7 Å². The number of nitriles is 1. The van der Waals surface area contributed by atoms with Gasteiger partial charge in [0.05, 0.1) is 19.1 Å². The predicted molar refractivity (Wildman–Crippen MR) is 71.8 cm³/mol. The van der Waals surface area contributed by atoms with E-state index < -0.39 is 0 Å². The highest BCUT2D eigenvalue weighted by atomic mass is 35.5. The SMILES string of the molecule is CC(CC#N)N(C)Cc1cc(Cl)cc2c1OCC2. The van der Waals surface area contributed by atoms with Crippen molar-refractivity contribution < 1.29 is 4.74 Å². The van der Waals surface area contributed by atoms with E-state index in [2.05, 4.69) is 17.9 Å². The molecule has 0 radical (unpaired) electrons. The summed E-state index contributed by atoms with van der Waals surface area (Å²) in [5.74, 6) is 0.982. The van der Waals surface area contributed by atoms with Gasteiger partial charge in [-0.05, 0) is 31.7 Å². The molecule has 1 aromatic rings. The lowest BCUT2D eigenvalue weighted by atomic mass is 10.1. The quantitative estimate of drug-likeness (QED) is 0.839. The summed E-state index contributed by atoms with van der Waals surface area (Å²) < 4.78 is 5.67. The lowest BCUT2D eigenvalue weighted by molar-refractivity contribution is 0.247. The van der Waals surface area contributed by atoms with Crippen LogP contribution in [0.1, 0.15) is 24.5 Å². The van der Waals surface area contributed by atoms with Gasteiger partial charge < -0.3 is 4.74 Å². The van der Waals surface area contributed by atoms with Crippen LogP contribution in [0.4, 0.5) is 0 Å². The molecular formula is C14H17ClN2O. The maximum absolute atomic E-state index is 8.73. The van der Waals surface area contributed by atoms with Crippen LogP contribution in [0.25, 0.3) is 0 Å². The van der Waals surface area contributed by atoms with Crippen LogP contribution in [-0.2, 0) is 13.0 Å². The Morgan fingerprint density at radius 3 is 3.06 bits per heavy atom. The van der Waals surface area contributed by atoms with E-state index in [4.69, 9.17) is 21.6 Å². The molecular weight excluding hydrogens is 248 g/mol. The molecule has 1 atom stereocenters. The Kier molecular flexibility index (Phi) is 4.11. The zero-order chi connectivity index (χ0) is 13.1. The number of fused-ring (bicyclic) bond motifs is 1. The number of hydrogen-bond acceptors (Lipinski definition) is 3. The van der Waals surface area contributed by atoms with Crippen molar-refractivity contribution in [3.8, 4) is 11.8 Å². The second-order valence-electron chi connectivity index (χ2n) is 4.78. The summed E-state index contributed by atoms with van der Waals surface area (Å²) in [6.07, 6.45) is 1.46. The number of nitrogens with zero attached hydrogens (tertiary/aromatic N) is 2. The van der Waals surface area contributed by atoms with Crippen LogP contribution in [0, 0.1) is 11.3 Å². The smallest absolute Gasteiger partial charge is 0.127 e. The minimum atomic E-state index is 0.228. The molecule has 0 amide bonds. The van der Waals surface area contributed by atoms with Crippen molar-refractivity contribution in [2.45, 2.75) is 32.4 Å². The van der Waals surface area contributed by atoms with E-state index in [0.29, 0.717) is 6.42 Å². The molecule has 0 aliphatic carbocycles. The number of halogens is 1. The van der Waals surface area contributed by atoms with Crippen LogP contribution in [0.2, 0.25) is 5.02 Å². The summed E-state index contributed by atoms with van der Waals surface area (Å²) in [5.41, 5.74) is 2.31. The molecule has 18 heavy (non-hydrogen) atoms. The van der Waals surface area contributed by atoms with Gasteiger partial charge in [-0.1, -0.05) is 11.6 Å². The Balaban J connectivity index is 2.17. The molecule has 0 aromatic heterocycles. The molecule has 1 aliphatic rings. The first-order valence-corrected chi connectivity index (χ1v) is 6.51. The van der Waals surface area contributed by atoms with Crippen LogP contribution in [0.15, 0.2) is 12.1 Å². The zero-order valence-corrected chi connectivity index (χ0v) is 11.5. The lowest BCUT2D eigenvalue weighted by Crippen LogP contribution is -2.28. The Hall–Kier alpha value is -1.24. The van der Waals surface area contributed by atoms with Gasteiger partial charge in [-0.15, -0.1) is 0 Å². The summed E-state index contributed by atoms with van der Waals surface area (Å²) in [6.45, 7) is 3.54. The molecule has 0 saturated heterocycles. The van der Waals surface area contributed by atoms with E-state index in [1.807, 2.05) is 19.2 Å². The van der Waals surface area contributed by atoms with Crippen LogP contribution < -0.4 is 4.74 Å². The Bertz CT molecular complexity index is 481. The van der Waals surface area contributed by atoms with Gasteiger partial charge in [0, 0.05) is 29.6 Å². The van der Waals surface area contributed by atoms with Crippen molar-refractivity contribution in [3.63, 3.8) is 0 Å². The highest BCUT2D eigenvalue weighted by Gasteiger charge is 2.19. The molecule has 0 bridgehead atoms. The standard InChI is InChI=1S/C14H17ClN2O/c1-10(3-5-16)17(2)9-12-8-13(15)7-11-4-6-18-14(11)12/h7-8,10H,3-4,6,9H2,1-2H3. The van der Waals surface area contributed by atoms with Gasteiger partial charge in [0.15, 0.2) is 0 Å². The van der Waals surface area contributed by atoms with Crippen LogP contribution in [0.3, 0.4) is 0 Å². The summed E-state index contributed by atoms with van der Waals surface area (Å²) in [7, 11) is 2.02. The van der Waals surface area contributed by atoms with E-state index in [9.17, 15) is 0 Å². The lowest BCUT2D eigenvalue weighted by Gasteiger charge is -2.23. The van der Waals surface area contributed by atoms with Crippen molar-refractivity contribution in [1.29, 1.82) is 5.26 Å². The molecule has 1 aromatic carbocycles. The van der Waals surface area contributed by atoms with Crippen molar-refractivity contribution in [1.82, 2.24) is 4.90 Å². The molecule has 2 rings (SSSR count). The van der Waals surface area contributed by atoms with Gasteiger partial charge >= 0.3 is 0 Å². The van der Waals surface area contributed by atoms with E-state index in [1.54, 1.807) is 0 Å². The first kappa shape index (κ1) is 13.2. The average Bonchev–Trinajstić information content (AvgIpc) is 2.77. The van der Waals surface area contributed by atoms with E-state index in [0.717, 1.165) is 35.9 Å². The third-order valence-corrected chi connectivity index (χ3v) is 3.60. The fourth-order valence-corrected chi connectivity index (χ4v) is 2.44. The van der Waals surface area contributed by atoms with Crippen LogP contribution in [0.5, 0.6) is 5.75 Å². The van der Waals surface area contributed by atoms with Crippen LogP contribution >= 0.6 is 11.6 Å². The van der Waals surface area contributed by atoms with Gasteiger partial charge in [-0.25, -0.2) is 0 Å². The van der Waals surface area contributed by atoms with Gasteiger partial charge in [-0.2, -0.15) is 5.26 Å². The summed E-state index contributed by atoms with van der Waals surface area (Å²) in [4.78, 5) is 2.15. The molecule has 0 saturated carbocycles. The molecule has 0 N–H and O–H groups in total. The van der Waals surface area contributed by atoms with Gasteiger partial charge in [0.1, 0.15) is 5.75 Å². The Morgan fingerprint density at radius 1 is 1.56 bits per heavy atom. The Morgan fingerprint density at radius 2 is 2.33 bits per heavy atom. The predicted octanol–water partition coefficient (Wildman–Crippen LogP) is 3.01. The first-order chi connectivity index (χ1) is 8.61. The average molecular weight is 265 g/mol. The number of ether oxygens (including phenoxy) is 1. The van der Waals surface area contributed by atoms with Crippen molar-refractivity contribution >= 4 is 11.6 Å². The highest BCUT2D eigenvalue weighted by Crippen LogP contribution is 2.33.